The Morgan fingerprint density at radius 1 is 1.24 bits per heavy atom. The van der Waals surface area contributed by atoms with Crippen molar-refractivity contribution < 1.29 is 15.0 Å². The van der Waals surface area contributed by atoms with Gasteiger partial charge in [-0.25, -0.2) is 0 Å². The quantitative estimate of drug-likeness (QED) is 0.735. The number of hydrogen-bond donors (Lipinski definition) is 2. The molecule has 0 radical (unpaired) electrons. The summed E-state index contributed by atoms with van der Waals surface area (Å²) in [6, 6.07) is 1.79. The maximum Gasteiger partial charge on any atom is 0.219 e. The summed E-state index contributed by atoms with van der Waals surface area (Å²) in [6.07, 6.45) is 7.07. The van der Waals surface area contributed by atoms with E-state index >= 15 is 0 Å². The third-order valence-electron chi connectivity index (χ3n) is 5.79. The number of aryl methyl sites for hydroxylation is 1. The number of phenolic OH excluding ortho intramolecular Hbond substituents is 2. The molecular formula is C24H36N2O3. The number of carbonyl (C=O) groups is 1. The monoisotopic (exact) mass is 400 g/mol. The maximum atomic E-state index is 11.5. The van der Waals surface area contributed by atoms with Gasteiger partial charge in [-0.1, -0.05) is 17.7 Å². The lowest BCUT2D eigenvalue weighted by Crippen LogP contribution is -2.47. The van der Waals surface area contributed by atoms with Crippen molar-refractivity contribution in [3.05, 3.63) is 47.1 Å². The molecule has 3 rings (SSSR count). The lowest BCUT2D eigenvalue weighted by atomic mass is 9.83. The third-order valence-corrected chi connectivity index (χ3v) is 5.79. The summed E-state index contributed by atoms with van der Waals surface area (Å²) in [5, 5.41) is 21.5. The highest BCUT2D eigenvalue weighted by molar-refractivity contribution is 5.73. The maximum absolute atomic E-state index is 11.5. The average molecular weight is 401 g/mol. The van der Waals surface area contributed by atoms with Crippen molar-refractivity contribution >= 4 is 5.91 Å². The second-order valence-electron chi connectivity index (χ2n) is 8.16. The molecule has 0 bridgehead atoms. The minimum absolute atomic E-state index is 0.0812. The van der Waals surface area contributed by atoms with E-state index in [1.165, 1.54) is 5.57 Å². The topological polar surface area (TPSA) is 64.0 Å². The number of amides is 1. The minimum Gasteiger partial charge on any atom is -0.507 e. The summed E-state index contributed by atoms with van der Waals surface area (Å²) in [4.78, 5) is 15.6. The summed E-state index contributed by atoms with van der Waals surface area (Å²) in [5.41, 5.74) is 3.80. The van der Waals surface area contributed by atoms with Crippen LogP contribution in [0.3, 0.4) is 0 Å². The fourth-order valence-electron chi connectivity index (χ4n) is 4.19. The largest absolute Gasteiger partial charge is 0.507 e. The number of carbonyl (C=O) groups excluding carboxylic acids is 1. The lowest BCUT2D eigenvalue weighted by Gasteiger charge is -2.35. The Balaban J connectivity index is 0.000000941. The van der Waals surface area contributed by atoms with Gasteiger partial charge in [0, 0.05) is 56.7 Å². The molecule has 1 amide bonds. The van der Waals surface area contributed by atoms with Crippen LogP contribution in [-0.4, -0.2) is 52.1 Å². The van der Waals surface area contributed by atoms with Gasteiger partial charge in [0.25, 0.3) is 0 Å². The summed E-state index contributed by atoms with van der Waals surface area (Å²) < 4.78 is 0. The number of benzene rings is 1. The van der Waals surface area contributed by atoms with Crippen molar-refractivity contribution in [2.45, 2.75) is 59.4 Å². The van der Waals surface area contributed by atoms with Crippen molar-refractivity contribution in [2.24, 2.45) is 0 Å². The number of hydrogen-bond acceptors (Lipinski definition) is 4. The molecule has 1 atom stereocenters. The van der Waals surface area contributed by atoms with Gasteiger partial charge in [0.2, 0.25) is 5.91 Å². The predicted octanol–water partition coefficient (Wildman–Crippen LogP) is 4.48. The highest BCUT2D eigenvalue weighted by Crippen LogP contribution is 2.43. The number of nitrogens with zero attached hydrogens (tertiary/aromatic N) is 2. The molecule has 1 heterocycles. The van der Waals surface area contributed by atoms with Crippen LogP contribution in [0.25, 0.3) is 0 Å². The van der Waals surface area contributed by atoms with Crippen molar-refractivity contribution in [3.63, 3.8) is 0 Å². The molecule has 1 aromatic carbocycles. The molecule has 2 aliphatic rings. The average Bonchev–Trinajstić information content (AvgIpc) is 2.66. The molecule has 1 aromatic rings. The summed E-state index contributed by atoms with van der Waals surface area (Å²) in [6.45, 7) is 14.6. The van der Waals surface area contributed by atoms with Crippen LogP contribution >= 0.6 is 0 Å². The zero-order chi connectivity index (χ0) is 21.6. The zero-order valence-corrected chi connectivity index (χ0v) is 18.4. The fraction of sp³-hybridized carbons (Fsp3) is 0.542. The molecule has 2 N–H and O–H groups in total. The molecule has 0 aromatic heterocycles. The Bertz CT molecular complexity index is 762. The van der Waals surface area contributed by atoms with E-state index in [0.29, 0.717) is 12.1 Å². The van der Waals surface area contributed by atoms with Crippen molar-refractivity contribution in [1.29, 1.82) is 0 Å². The Morgan fingerprint density at radius 2 is 1.86 bits per heavy atom. The van der Waals surface area contributed by atoms with Gasteiger partial charge in [-0.05, 0) is 51.7 Å². The van der Waals surface area contributed by atoms with Gasteiger partial charge >= 0.3 is 0 Å². The molecule has 1 fully saturated rings. The molecule has 1 unspecified atom stereocenters. The molecule has 1 saturated heterocycles. The van der Waals surface area contributed by atoms with Crippen LogP contribution in [-0.2, 0) is 11.3 Å². The molecule has 29 heavy (non-hydrogen) atoms. The predicted molar refractivity (Wildman–Crippen MR) is 118 cm³/mol. The van der Waals surface area contributed by atoms with E-state index in [2.05, 4.69) is 24.5 Å². The number of allylic oxidation sites excluding steroid dienone is 3. The van der Waals surface area contributed by atoms with Crippen molar-refractivity contribution in [1.82, 2.24) is 9.80 Å². The van der Waals surface area contributed by atoms with Gasteiger partial charge in [-0.3, -0.25) is 9.69 Å². The van der Waals surface area contributed by atoms with Gasteiger partial charge in [-0.2, -0.15) is 0 Å². The van der Waals surface area contributed by atoms with Crippen LogP contribution in [0.4, 0.5) is 0 Å². The van der Waals surface area contributed by atoms with Crippen LogP contribution in [0.15, 0.2) is 30.4 Å². The first kappa shape index (κ1) is 23.0. The SMILES string of the molecule is C=CC.CC(=O)N1CCN(Cc2c(C)cc(O)c(C3C=C(C)CCC3)c2O)CC1. The number of rotatable bonds is 3. The lowest BCUT2D eigenvalue weighted by molar-refractivity contribution is -0.130. The number of aromatic hydroxyl groups is 2. The second kappa shape index (κ2) is 10.5. The van der Waals surface area contributed by atoms with E-state index in [4.69, 9.17) is 0 Å². The van der Waals surface area contributed by atoms with E-state index in [0.717, 1.165) is 56.6 Å². The highest BCUT2D eigenvalue weighted by Gasteiger charge is 2.26. The van der Waals surface area contributed by atoms with Gasteiger partial charge in [0.15, 0.2) is 0 Å². The van der Waals surface area contributed by atoms with E-state index in [1.807, 2.05) is 18.7 Å². The van der Waals surface area contributed by atoms with Crippen LogP contribution in [0.1, 0.15) is 62.6 Å². The van der Waals surface area contributed by atoms with E-state index in [-0.39, 0.29) is 23.3 Å². The van der Waals surface area contributed by atoms with E-state index in [1.54, 1.807) is 19.1 Å². The summed E-state index contributed by atoms with van der Waals surface area (Å²) in [5.74, 6) is 0.640. The number of piperazine rings is 1. The third kappa shape index (κ3) is 5.86. The normalized spacial score (nSPS) is 19.8. The molecule has 160 valence electrons. The molecule has 1 aliphatic heterocycles. The number of phenols is 2. The Kier molecular flexibility index (Phi) is 8.32. The van der Waals surface area contributed by atoms with Crippen molar-refractivity contribution in [3.8, 4) is 11.5 Å². The molecule has 5 nitrogen and oxygen atoms in total. The first-order valence-corrected chi connectivity index (χ1v) is 10.5. The molecule has 0 spiro atoms. The van der Waals surface area contributed by atoms with Gasteiger partial charge < -0.3 is 15.1 Å². The Hall–Kier alpha value is -2.27. The van der Waals surface area contributed by atoms with E-state index < -0.39 is 0 Å². The summed E-state index contributed by atoms with van der Waals surface area (Å²) >= 11 is 0. The zero-order valence-electron chi connectivity index (χ0n) is 18.4. The van der Waals surface area contributed by atoms with Crippen LogP contribution in [0.5, 0.6) is 11.5 Å². The Morgan fingerprint density at radius 3 is 2.41 bits per heavy atom. The smallest absolute Gasteiger partial charge is 0.219 e. The Labute approximate surface area is 175 Å². The highest BCUT2D eigenvalue weighted by atomic mass is 16.3. The molecular weight excluding hydrogens is 364 g/mol. The van der Waals surface area contributed by atoms with Crippen LogP contribution < -0.4 is 0 Å². The van der Waals surface area contributed by atoms with Gasteiger partial charge in [0.1, 0.15) is 11.5 Å². The van der Waals surface area contributed by atoms with Gasteiger partial charge in [0.05, 0.1) is 0 Å². The minimum atomic E-state index is 0.0812. The first-order chi connectivity index (χ1) is 13.8. The summed E-state index contributed by atoms with van der Waals surface area (Å²) in [7, 11) is 0. The molecule has 5 heteroatoms. The standard InChI is InChI=1S/C21H30N2O3.C3H6/c1-14-5-4-6-17(11-14)20-19(25)12-15(2)18(21(20)26)13-22-7-9-23(10-8-22)16(3)24;1-3-2/h11-12,17,25-26H,4-10,13H2,1-3H3;3H,1H2,2H3. The van der Waals surface area contributed by atoms with E-state index in [9.17, 15) is 15.0 Å². The van der Waals surface area contributed by atoms with Crippen molar-refractivity contribution in [2.75, 3.05) is 26.2 Å². The molecule has 0 saturated carbocycles. The fourth-order valence-corrected chi connectivity index (χ4v) is 4.19. The van der Waals surface area contributed by atoms with Crippen LogP contribution in [0.2, 0.25) is 0 Å². The molecule has 1 aliphatic carbocycles. The first-order valence-electron chi connectivity index (χ1n) is 10.5. The van der Waals surface area contributed by atoms with Crippen LogP contribution in [0, 0.1) is 6.92 Å². The van der Waals surface area contributed by atoms with Gasteiger partial charge in [-0.15, -0.1) is 6.58 Å². The second-order valence-corrected chi connectivity index (χ2v) is 8.16.